The molecule has 3 rings (SSSR count). The SMILES string of the molecule is CCCCCCn1c(=O)c(C(=O)Nc2cccc(Cl)c2)c(O)c2ccccc21. The van der Waals surface area contributed by atoms with E-state index in [9.17, 15) is 14.7 Å². The number of nitrogens with zero attached hydrogens (tertiary/aromatic N) is 1. The van der Waals surface area contributed by atoms with Crippen LogP contribution in [0, 0.1) is 0 Å². The molecule has 2 N–H and O–H groups in total. The minimum Gasteiger partial charge on any atom is -0.506 e. The highest BCUT2D eigenvalue weighted by Gasteiger charge is 2.22. The highest BCUT2D eigenvalue weighted by Crippen LogP contribution is 2.27. The number of para-hydroxylation sites is 1. The summed E-state index contributed by atoms with van der Waals surface area (Å²) in [5, 5.41) is 14.3. The third kappa shape index (κ3) is 4.20. The van der Waals surface area contributed by atoms with Crippen LogP contribution < -0.4 is 10.9 Å². The molecule has 1 aromatic heterocycles. The van der Waals surface area contributed by atoms with Crippen LogP contribution in [0.15, 0.2) is 53.3 Å². The van der Waals surface area contributed by atoms with Crippen molar-refractivity contribution in [2.24, 2.45) is 0 Å². The van der Waals surface area contributed by atoms with E-state index in [1.54, 1.807) is 47.0 Å². The fraction of sp³-hybridized carbons (Fsp3) is 0.273. The number of fused-ring (bicyclic) bond motifs is 1. The number of nitrogens with one attached hydrogen (secondary N) is 1. The molecule has 5 nitrogen and oxygen atoms in total. The number of hydrogen-bond donors (Lipinski definition) is 2. The molecule has 146 valence electrons. The predicted octanol–water partition coefficient (Wildman–Crippen LogP) is 5.19. The number of benzene rings is 2. The first-order chi connectivity index (χ1) is 13.5. The Morgan fingerprint density at radius 2 is 1.89 bits per heavy atom. The van der Waals surface area contributed by atoms with E-state index in [1.807, 2.05) is 6.07 Å². The number of amides is 1. The van der Waals surface area contributed by atoms with Crippen LogP contribution in [-0.2, 0) is 6.54 Å². The second-order valence-electron chi connectivity index (χ2n) is 6.72. The molecule has 3 aromatic rings. The van der Waals surface area contributed by atoms with Crippen LogP contribution in [0.4, 0.5) is 5.69 Å². The lowest BCUT2D eigenvalue weighted by molar-refractivity contribution is 0.102. The number of pyridine rings is 1. The van der Waals surface area contributed by atoms with Gasteiger partial charge in [0.1, 0.15) is 11.3 Å². The van der Waals surface area contributed by atoms with Crippen LogP contribution in [0.2, 0.25) is 5.02 Å². The lowest BCUT2D eigenvalue weighted by Gasteiger charge is -2.15. The van der Waals surface area contributed by atoms with E-state index in [0.717, 1.165) is 25.7 Å². The number of unbranched alkanes of at least 4 members (excludes halogenated alkanes) is 3. The summed E-state index contributed by atoms with van der Waals surface area (Å²) in [6, 6.07) is 13.7. The van der Waals surface area contributed by atoms with E-state index < -0.39 is 11.5 Å². The second-order valence-corrected chi connectivity index (χ2v) is 7.16. The molecule has 1 amide bonds. The molecule has 0 radical (unpaired) electrons. The molecule has 0 saturated heterocycles. The molecule has 28 heavy (non-hydrogen) atoms. The van der Waals surface area contributed by atoms with Gasteiger partial charge in [-0.3, -0.25) is 9.59 Å². The molecule has 2 aromatic carbocycles. The molecule has 1 heterocycles. The van der Waals surface area contributed by atoms with Gasteiger partial charge in [0.15, 0.2) is 0 Å². The van der Waals surface area contributed by atoms with E-state index in [4.69, 9.17) is 11.6 Å². The number of halogens is 1. The van der Waals surface area contributed by atoms with Gasteiger partial charge in [-0.05, 0) is 36.8 Å². The van der Waals surface area contributed by atoms with Gasteiger partial charge in [-0.15, -0.1) is 0 Å². The average Bonchev–Trinajstić information content (AvgIpc) is 2.67. The van der Waals surface area contributed by atoms with Crippen molar-refractivity contribution in [1.29, 1.82) is 0 Å². The molecule has 0 aliphatic rings. The zero-order chi connectivity index (χ0) is 20.1. The summed E-state index contributed by atoms with van der Waals surface area (Å²) in [5.74, 6) is -0.956. The van der Waals surface area contributed by atoms with Crippen molar-refractivity contribution in [3.63, 3.8) is 0 Å². The number of aromatic hydroxyl groups is 1. The molecule has 0 fully saturated rings. The number of anilines is 1. The summed E-state index contributed by atoms with van der Waals surface area (Å²) in [4.78, 5) is 25.9. The van der Waals surface area contributed by atoms with Crippen LogP contribution in [0.3, 0.4) is 0 Å². The summed E-state index contributed by atoms with van der Waals surface area (Å²) in [7, 11) is 0. The fourth-order valence-corrected chi connectivity index (χ4v) is 3.46. The maximum atomic E-state index is 13.1. The van der Waals surface area contributed by atoms with Crippen LogP contribution in [0.5, 0.6) is 5.75 Å². The van der Waals surface area contributed by atoms with E-state index in [-0.39, 0.29) is 11.3 Å². The number of aryl methyl sites for hydroxylation is 1. The highest BCUT2D eigenvalue weighted by molar-refractivity contribution is 6.31. The predicted molar refractivity (Wildman–Crippen MR) is 113 cm³/mol. The first-order valence-electron chi connectivity index (χ1n) is 9.44. The summed E-state index contributed by atoms with van der Waals surface area (Å²) in [6.45, 7) is 2.62. The van der Waals surface area contributed by atoms with Crippen molar-refractivity contribution in [3.05, 3.63) is 69.5 Å². The smallest absolute Gasteiger partial charge is 0.267 e. The molecule has 0 atom stereocenters. The molecular formula is C22H23ClN2O3. The van der Waals surface area contributed by atoms with Crippen molar-refractivity contribution in [2.75, 3.05) is 5.32 Å². The molecule has 0 unspecified atom stereocenters. The van der Waals surface area contributed by atoms with Gasteiger partial charge in [-0.2, -0.15) is 0 Å². The Labute approximate surface area is 168 Å². The first kappa shape index (κ1) is 20.0. The number of carbonyl (C=O) groups excluding carboxylic acids is 1. The van der Waals surface area contributed by atoms with E-state index in [1.165, 1.54) is 0 Å². The second kappa shape index (κ2) is 8.93. The third-order valence-electron chi connectivity index (χ3n) is 4.69. The number of carbonyl (C=O) groups is 1. The molecule has 6 heteroatoms. The quantitative estimate of drug-likeness (QED) is 0.538. The highest BCUT2D eigenvalue weighted by atomic mass is 35.5. The Kier molecular flexibility index (Phi) is 6.37. The number of hydrogen-bond acceptors (Lipinski definition) is 3. The van der Waals surface area contributed by atoms with Gasteiger partial charge in [-0.1, -0.05) is 56.0 Å². The van der Waals surface area contributed by atoms with Gasteiger partial charge in [-0.25, -0.2) is 0 Å². The van der Waals surface area contributed by atoms with Crippen LogP contribution in [0.1, 0.15) is 43.0 Å². The fourth-order valence-electron chi connectivity index (χ4n) is 3.27. The lowest BCUT2D eigenvalue weighted by atomic mass is 10.1. The van der Waals surface area contributed by atoms with Crippen molar-refractivity contribution >= 4 is 34.1 Å². The summed E-state index contributed by atoms with van der Waals surface area (Å²) in [6.07, 6.45) is 4.02. The van der Waals surface area contributed by atoms with Gasteiger partial charge in [0.05, 0.1) is 5.52 Å². The Morgan fingerprint density at radius 1 is 1.11 bits per heavy atom. The third-order valence-corrected chi connectivity index (χ3v) is 4.93. The van der Waals surface area contributed by atoms with E-state index >= 15 is 0 Å². The molecule has 0 aliphatic carbocycles. The monoisotopic (exact) mass is 398 g/mol. The average molecular weight is 399 g/mol. The zero-order valence-corrected chi connectivity index (χ0v) is 16.5. The van der Waals surface area contributed by atoms with Crippen molar-refractivity contribution in [3.8, 4) is 5.75 Å². The Balaban J connectivity index is 2.03. The van der Waals surface area contributed by atoms with Crippen LogP contribution in [-0.4, -0.2) is 15.6 Å². The van der Waals surface area contributed by atoms with Crippen LogP contribution in [0.25, 0.3) is 10.9 Å². The van der Waals surface area contributed by atoms with Gasteiger partial charge in [0, 0.05) is 22.6 Å². The van der Waals surface area contributed by atoms with Crippen LogP contribution >= 0.6 is 11.6 Å². The van der Waals surface area contributed by atoms with Gasteiger partial charge >= 0.3 is 0 Å². The lowest BCUT2D eigenvalue weighted by Crippen LogP contribution is -2.30. The van der Waals surface area contributed by atoms with Gasteiger partial charge in [0.2, 0.25) is 0 Å². The minimum absolute atomic E-state index is 0.255. The first-order valence-corrected chi connectivity index (χ1v) is 9.82. The normalized spacial score (nSPS) is 10.9. The Hall–Kier alpha value is -2.79. The summed E-state index contributed by atoms with van der Waals surface area (Å²) >= 11 is 5.96. The van der Waals surface area contributed by atoms with Crippen molar-refractivity contribution < 1.29 is 9.90 Å². The summed E-state index contributed by atoms with van der Waals surface area (Å²) < 4.78 is 1.58. The van der Waals surface area contributed by atoms with Crippen molar-refractivity contribution in [1.82, 2.24) is 4.57 Å². The number of rotatable bonds is 7. The molecule has 0 saturated carbocycles. The minimum atomic E-state index is -0.655. The van der Waals surface area contributed by atoms with Gasteiger partial charge in [0.25, 0.3) is 11.5 Å². The molecule has 0 bridgehead atoms. The number of aromatic nitrogens is 1. The van der Waals surface area contributed by atoms with E-state index in [2.05, 4.69) is 12.2 Å². The standard InChI is InChI=1S/C22H23ClN2O3/c1-2-3-4-7-13-25-18-12-6-5-11-17(18)20(26)19(22(25)28)21(27)24-16-10-8-9-15(23)14-16/h5-6,8-12,14,26H,2-4,7,13H2,1H3,(H,24,27). The van der Waals surface area contributed by atoms with E-state index in [0.29, 0.717) is 28.2 Å². The Morgan fingerprint density at radius 3 is 2.64 bits per heavy atom. The zero-order valence-electron chi connectivity index (χ0n) is 15.7. The topological polar surface area (TPSA) is 71.3 Å². The van der Waals surface area contributed by atoms with Crippen molar-refractivity contribution in [2.45, 2.75) is 39.2 Å². The van der Waals surface area contributed by atoms with Gasteiger partial charge < -0.3 is 15.0 Å². The largest absolute Gasteiger partial charge is 0.506 e. The molecular weight excluding hydrogens is 376 g/mol. The molecule has 0 spiro atoms. The molecule has 0 aliphatic heterocycles. The Bertz CT molecular complexity index is 1060. The maximum absolute atomic E-state index is 13.1. The maximum Gasteiger partial charge on any atom is 0.267 e. The summed E-state index contributed by atoms with van der Waals surface area (Å²) in [5.41, 5.74) is 0.334.